The monoisotopic (exact) mass is 344 g/mol. The number of aromatic nitrogens is 1. The van der Waals surface area contributed by atoms with E-state index in [-0.39, 0.29) is 0 Å². The number of hydrogen-bond acceptors (Lipinski definition) is 4. The fourth-order valence-corrected chi connectivity index (χ4v) is 4.56. The zero-order chi connectivity index (χ0) is 17.3. The maximum absolute atomic E-state index is 11.2. The van der Waals surface area contributed by atoms with Gasteiger partial charge in [-0.3, -0.25) is 4.90 Å². The summed E-state index contributed by atoms with van der Waals surface area (Å²) in [6.45, 7) is 9.72. The summed E-state index contributed by atoms with van der Waals surface area (Å²) in [5.41, 5.74) is 2.87. The normalized spacial score (nSPS) is 21.8. The summed E-state index contributed by atoms with van der Waals surface area (Å²) in [4.78, 5) is 18.4. The summed E-state index contributed by atoms with van der Waals surface area (Å²) < 4.78 is 0. The number of hydrogen-bond donors (Lipinski definition) is 1. The molecular weight excluding hydrogens is 320 g/mol. The van der Waals surface area contributed by atoms with Crippen molar-refractivity contribution in [2.75, 3.05) is 13.1 Å². The Hall–Kier alpha value is -1.72. The number of aryl methyl sites for hydroxylation is 1. The molecule has 2 heterocycles. The first-order valence-corrected chi connectivity index (χ1v) is 9.26. The summed E-state index contributed by atoms with van der Waals surface area (Å²) in [5, 5.41) is 9.93. The number of aromatic carboxylic acids is 1. The van der Waals surface area contributed by atoms with Crippen LogP contribution >= 0.6 is 11.3 Å². The van der Waals surface area contributed by atoms with Crippen LogP contribution in [0, 0.1) is 18.8 Å². The van der Waals surface area contributed by atoms with Crippen LogP contribution in [0.25, 0.3) is 10.6 Å². The van der Waals surface area contributed by atoms with Gasteiger partial charge in [-0.1, -0.05) is 38.1 Å². The number of likely N-dealkylation sites (tertiary alicyclic amines) is 1. The minimum absolute atomic E-state index is 0.324. The molecule has 128 valence electrons. The van der Waals surface area contributed by atoms with E-state index in [0.717, 1.165) is 29.0 Å². The Morgan fingerprint density at radius 2 is 1.88 bits per heavy atom. The fourth-order valence-electron chi connectivity index (χ4n) is 3.65. The van der Waals surface area contributed by atoms with Crippen LogP contribution in [-0.4, -0.2) is 34.0 Å². The first-order valence-electron chi connectivity index (χ1n) is 8.44. The fraction of sp³-hybridized carbons (Fsp3) is 0.474. The molecule has 3 rings (SSSR count). The quantitative estimate of drug-likeness (QED) is 0.899. The molecule has 2 atom stereocenters. The molecule has 1 saturated heterocycles. The molecule has 0 aliphatic carbocycles. The smallest absolute Gasteiger partial charge is 0.347 e. The number of carbonyl (C=O) groups is 1. The first-order chi connectivity index (χ1) is 11.4. The topological polar surface area (TPSA) is 53.4 Å². The molecular formula is C19H24N2O2S. The lowest BCUT2D eigenvalue weighted by Crippen LogP contribution is -2.38. The second-order valence-corrected chi connectivity index (χ2v) is 8.07. The molecule has 5 heteroatoms. The lowest BCUT2D eigenvalue weighted by molar-refractivity contribution is 0.0701. The predicted molar refractivity (Wildman–Crippen MR) is 97.5 cm³/mol. The van der Waals surface area contributed by atoms with E-state index in [2.05, 4.69) is 48.0 Å². The number of nitrogens with zero attached hydrogens (tertiary/aromatic N) is 2. The lowest BCUT2D eigenvalue weighted by Gasteiger charge is -2.35. The summed E-state index contributed by atoms with van der Waals surface area (Å²) >= 11 is 1.24. The molecule has 0 spiro atoms. The molecule has 0 radical (unpaired) electrons. The highest BCUT2D eigenvalue weighted by molar-refractivity contribution is 7.17. The molecule has 1 aromatic carbocycles. The lowest BCUT2D eigenvalue weighted by atomic mass is 9.91. The zero-order valence-corrected chi connectivity index (χ0v) is 15.3. The Bertz CT molecular complexity index is 713. The van der Waals surface area contributed by atoms with Gasteiger partial charge in [0.05, 0.1) is 5.69 Å². The molecule has 1 aliphatic heterocycles. The third kappa shape index (κ3) is 3.84. The average Bonchev–Trinajstić information content (AvgIpc) is 2.89. The summed E-state index contributed by atoms with van der Waals surface area (Å²) in [6.07, 6.45) is 1.32. The highest BCUT2D eigenvalue weighted by Crippen LogP contribution is 2.29. The Labute approximate surface area is 147 Å². The van der Waals surface area contributed by atoms with Gasteiger partial charge in [0.25, 0.3) is 0 Å². The van der Waals surface area contributed by atoms with E-state index < -0.39 is 5.97 Å². The molecule has 24 heavy (non-hydrogen) atoms. The molecule has 0 amide bonds. The highest BCUT2D eigenvalue weighted by atomic mass is 32.1. The second-order valence-electron chi connectivity index (χ2n) is 7.08. The van der Waals surface area contributed by atoms with Crippen molar-refractivity contribution in [3.05, 3.63) is 40.4 Å². The van der Waals surface area contributed by atoms with Gasteiger partial charge in [0, 0.05) is 25.2 Å². The molecule has 1 N–H and O–H groups in total. The summed E-state index contributed by atoms with van der Waals surface area (Å²) in [5.74, 6) is 0.628. The van der Waals surface area contributed by atoms with Gasteiger partial charge in [-0.15, -0.1) is 11.3 Å². The molecule has 2 unspecified atom stereocenters. The minimum atomic E-state index is -0.902. The Kier molecular flexibility index (Phi) is 5.01. The van der Waals surface area contributed by atoms with E-state index in [4.69, 9.17) is 5.11 Å². The molecule has 1 aliphatic rings. The summed E-state index contributed by atoms with van der Waals surface area (Å²) in [7, 11) is 0. The van der Waals surface area contributed by atoms with Gasteiger partial charge in [-0.05, 0) is 30.7 Å². The Morgan fingerprint density at radius 3 is 2.42 bits per heavy atom. The highest BCUT2D eigenvalue weighted by Gasteiger charge is 2.21. The van der Waals surface area contributed by atoms with Gasteiger partial charge >= 0.3 is 5.97 Å². The van der Waals surface area contributed by atoms with Gasteiger partial charge in [0.15, 0.2) is 0 Å². The third-order valence-corrected chi connectivity index (χ3v) is 5.74. The van der Waals surface area contributed by atoms with Crippen LogP contribution in [0.15, 0.2) is 24.3 Å². The number of carboxylic acid groups (broad SMARTS) is 1. The molecule has 1 aromatic heterocycles. The van der Waals surface area contributed by atoms with E-state index >= 15 is 0 Å². The van der Waals surface area contributed by atoms with Crippen LogP contribution < -0.4 is 0 Å². The number of piperidine rings is 1. The van der Waals surface area contributed by atoms with E-state index in [1.54, 1.807) is 6.92 Å². The van der Waals surface area contributed by atoms with Crippen LogP contribution in [0.5, 0.6) is 0 Å². The van der Waals surface area contributed by atoms with Crippen molar-refractivity contribution < 1.29 is 9.90 Å². The van der Waals surface area contributed by atoms with Crippen molar-refractivity contribution in [3.8, 4) is 10.6 Å². The summed E-state index contributed by atoms with van der Waals surface area (Å²) in [6, 6.07) is 8.37. The van der Waals surface area contributed by atoms with Gasteiger partial charge < -0.3 is 5.11 Å². The van der Waals surface area contributed by atoms with Crippen LogP contribution in [-0.2, 0) is 6.54 Å². The SMILES string of the molecule is Cc1nc(-c2ccc(CN3CC(C)CC(C)C3)cc2)sc1C(=O)O. The standard InChI is InChI=1S/C19H24N2O2S/c1-12-8-13(2)10-21(9-12)11-15-4-6-16(7-5-15)18-20-14(3)17(24-18)19(22)23/h4-7,12-13H,8-11H2,1-3H3,(H,22,23). The zero-order valence-electron chi connectivity index (χ0n) is 14.5. The van der Waals surface area contributed by atoms with Crippen LogP contribution in [0.4, 0.5) is 0 Å². The van der Waals surface area contributed by atoms with Crippen molar-refractivity contribution in [2.24, 2.45) is 11.8 Å². The third-order valence-electron chi connectivity index (χ3n) is 4.54. The Morgan fingerprint density at radius 1 is 1.25 bits per heavy atom. The minimum Gasteiger partial charge on any atom is -0.477 e. The van der Waals surface area contributed by atoms with Crippen molar-refractivity contribution in [1.29, 1.82) is 0 Å². The second kappa shape index (κ2) is 7.03. The van der Waals surface area contributed by atoms with Crippen LogP contribution in [0.2, 0.25) is 0 Å². The first kappa shape index (κ1) is 17.1. The van der Waals surface area contributed by atoms with E-state index in [1.807, 2.05) is 0 Å². The maximum Gasteiger partial charge on any atom is 0.347 e. The van der Waals surface area contributed by atoms with Crippen molar-refractivity contribution in [3.63, 3.8) is 0 Å². The van der Waals surface area contributed by atoms with E-state index in [9.17, 15) is 4.79 Å². The number of rotatable bonds is 4. The van der Waals surface area contributed by atoms with Gasteiger partial charge in [0.1, 0.15) is 9.88 Å². The van der Waals surface area contributed by atoms with Gasteiger partial charge in [-0.2, -0.15) is 0 Å². The average molecular weight is 344 g/mol. The van der Waals surface area contributed by atoms with Gasteiger partial charge in [-0.25, -0.2) is 9.78 Å². The Balaban J connectivity index is 1.71. The van der Waals surface area contributed by atoms with E-state index in [1.165, 1.54) is 36.4 Å². The predicted octanol–water partition coefficient (Wildman–Crippen LogP) is 4.29. The van der Waals surface area contributed by atoms with Crippen molar-refractivity contribution in [1.82, 2.24) is 9.88 Å². The number of carboxylic acids is 1. The number of thiazole rings is 1. The van der Waals surface area contributed by atoms with Gasteiger partial charge in [0.2, 0.25) is 0 Å². The molecule has 0 saturated carbocycles. The number of benzene rings is 1. The van der Waals surface area contributed by atoms with Crippen LogP contribution in [0.1, 0.15) is 41.2 Å². The molecule has 1 fully saturated rings. The van der Waals surface area contributed by atoms with Crippen LogP contribution in [0.3, 0.4) is 0 Å². The van der Waals surface area contributed by atoms with Crippen molar-refractivity contribution >= 4 is 17.3 Å². The molecule has 2 aromatic rings. The largest absolute Gasteiger partial charge is 0.477 e. The van der Waals surface area contributed by atoms with E-state index in [0.29, 0.717) is 10.6 Å². The maximum atomic E-state index is 11.2. The molecule has 0 bridgehead atoms. The molecule has 4 nitrogen and oxygen atoms in total. The van der Waals surface area contributed by atoms with Crippen molar-refractivity contribution in [2.45, 2.75) is 33.7 Å².